The molecule has 0 unspecified atom stereocenters. The molecule has 0 bridgehead atoms. The summed E-state index contributed by atoms with van der Waals surface area (Å²) >= 11 is 0. The third-order valence-corrected chi connectivity index (χ3v) is 3.58. The summed E-state index contributed by atoms with van der Waals surface area (Å²) in [5.74, 6) is 0.994. The van der Waals surface area contributed by atoms with Crippen molar-refractivity contribution in [2.45, 2.75) is 25.4 Å². The van der Waals surface area contributed by atoms with Gasteiger partial charge in [-0.3, -0.25) is 4.79 Å². The van der Waals surface area contributed by atoms with Crippen LogP contribution >= 0.6 is 0 Å². The van der Waals surface area contributed by atoms with Crippen molar-refractivity contribution in [3.05, 3.63) is 29.8 Å². The van der Waals surface area contributed by atoms with Gasteiger partial charge in [-0.25, -0.2) is 0 Å². The van der Waals surface area contributed by atoms with Crippen molar-refractivity contribution in [1.82, 2.24) is 10.2 Å². The smallest absolute Gasteiger partial charge is 0.237 e. The van der Waals surface area contributed by atoms with Crippen LogP contribution in [0.3, 0.4) is 0 Å². The Labute approximate surface area is 126 Å². The van der Waals surface area contributed by atoms with Gasteiger partial charge < -0.3 is 19.7 Å². The van der Waals surface area contributed by atoms with Crippen LogP contribution in [0.4, 0.5) is 0 Å². The zero-order valence-corrected chi connectivity index (χ0v) is 12.8. The Kier molecular flexibility index (Phi) is 6.02. The highest BCUT2D eigenvalue weighted by Gasteiger charge is 2.32. The Morgan fingerprint density at radius 3 is 2.57 bits per heavy atom. The number of methoxy groups -OCH3 is 2. The molecule has 1 amide bonds. The van der Waals surface area contributed by atoms with Crippen LogP contribution in [0.1, 0.15) is 18.4 Å². The first-order valence-corrected chi connectivity index (χ1v) is 7.36. The molecule has 1 fully saturated rings. The summed E-state index contributed by atoms with van der Waals surface area (Å²) in [6, 6.07) is 8.30. The largest absolute Gasteiger partial charge is 0.497 e. The highest BCUT2D eigenvalue weighted by atomic mass is 16.5. The van der Waals surface area contributed by atoms with Crippen molar-refractivity contribution < 1.29 is 14.3 Å². The molecule has 116 valence electrons. The van der Waals surface area contributed by atoms with Crippen molar-refractivity contribution in [3.8, 4) is 5.75 Å². The number of amides is 1. The van der Waals surface area contributed by atoms with Crippen LogP contribution < -0.4 is 10.1 Å². The summed E-state index contributed by atoms with van der Waals surface area (Å²) in [6.45, 7) is 2.36. The number of nitrogens with zero attached hydrogens (tertiary/aromatic N) is 1. The lowest BCUT2D eigenvalue weighted by molar-refractivity contribution is -0.131. The van der Waals surface area contributed by atoms with Gasteiger partial charge in [0.15, 0.2) is 0 Å². The molecule has 0 heterocycles. The quantitative estimate of drug-likeness (QED) is 0.699. The lowest BCUT2D eigenvalue weighted by Crippen LogP contribution is -2.39. The summed E-state index contributed by atoms with van der Waals surface area (Å²) < 4.78 is 10.1. The minimum Gasteiger partial charge on any atom is -0.497 e. The molecule has 1 aromatic rings. The molecular formula is C16H24N2O3. The summed E-state index contributed by atoms with van der Waals surface area (Å²) in [5.41, 5.74) is 1.13. The van der Waals surface area contributed by atoms with Crippen molar-refractivity contribution >= 4 is 5.91 Å². The number of hydrogen-bond donors (Lipinski definition) is 1. The lowest BCUT2D eigenvalue weighted by Gasteiger charge is -2.23. The van der Waals surface area contributed by atoms with Gasteiger partial charge in [0.1, 0.15) is 5.75 Å². The average molecular weight is 292 g/mol. The SMILES string of the molecule is COCCNCC(=O)N(Cc1ccc(OC)cc1)C1CC1. The molecule has 0 saturated heterocycles. The molecule has 21 heavy (non-hydrogen) atoms. The minimum absolute atomic E-state index is 0.157. The zero-order chi connectivity index (χ0) is 15.1. The summed E-state index contributed by atoms with van der Waals surface area (Å²) in [6.07, 6.45) is 2.22. The highest BCUT2D eigenvalue weighted by molar-refractivity contribution is 5.79. The maximum absolute atomic E-state index is 12.3. The van der Waals surface area contributed by atoms with E-state index < -0.39 is 0 Å². The summed E-state index contributed by atoms with van der Waals surface area (Å²) in [4.78, 5) is 14.3. The molecule has 0 radical (unpaired) electrons. The lowest BCUT2D eigenvalue weighted by atomic mass is 10.2. The molecular weight excluding hydrogens is 268 g/mol. The Morgan fingerprint density at radius 2 is 2.00 bits per heavy atom. The van der Waals surface area contributed by atoms with Gasteiger partial charge in [-0.15, -0.1) is 0 Å². The van der Waals surface area contributed by atoms with E-state index in [1.54, 1.807) is 14.2 Å². The number of nitrogens with one attached hydrogen (secondary N) is 1. The van der Waals surface area contributed by atoms with E-state index in [1.807, 2.05) is 29.2 Å². The molecule has 5 nitrogen and oxygen atoms in total. The monoisotopic (exact) mass is 292 g/mol. The fourth-order valence-corrected chi connectivity index (χ4v) is 2.21. The second kappa shape index (κ2) is 8.00. The van der Waals surface area contributed by atoms with E-state index in [0.717, 1.165) is 24.2 Å². The van der Waals surface area contributed by atoms with E-state index >= 15 is 0 Å². The normalized spacial score (nSPS) is 14.0. The Morgan fingerprint density at radius 1 is 1.29 bits per heavy atom. The molecule has 5 heteroatoms. The van der Waals surface area contributed by atoms with Crippen LogP contribution in [-0.2, 0) is 16.1 Å². The second-order valence-corrected chi connectivity index (χ2v) is 5.27. The first-order valence-electron chi connectivity index (χ1n) is 7.36. The predicted molar refractivity (Wildman–Crippen MR) is 81.3 cm³/mol. The fraction of sp³-hybridized carbons (Fsp3) is 0.562. The molecule has 0 aromatic heterocycles. The van der Waals surface area contributed by atoms with Crippen LogP contribution in [0.25, 0.3) is 0 Å². The van der Waals surface area contributed by atoms with Gasteiger partial charge >= 0.3 is 0 Å². The summed E-state index contributed by atoms with van der Waals surface area (Å²) in [5, 5.41) is 3.12. The van der Waals surface area contributed by atoms with Crippen LogP contribution in [0.5, 0.6) is 5.75 Å². The Hall–Kier alpha value is -1.59. The number of hydrogen-bond acceptors (Lipinski definition) is 4. The van der Waals surface area contributed by atoms with Crippen LogP contribution in [-0.4, -0.2) is 50.8 Å². The maximum atomic E-state index is 12.3. The van der Waals surface area contributed by atoms with Gasteiger partial charge in [0.25, 0.3) is 0 Å². The van der Waals surface area contributed by atoms with Gasteiger partial charge in [-0.2, -0.15) is 0 Å². The van der Waals surface area contributed by atoms with Gasteiger partial charge in [0, 0.05) is 26.2 Å². The maximum Gasteiger partial charge on any atom is 0.237 e. The van der Waals surface area contributed by atoms with Crippen LogP contribution in [0.15, 0.2) is 24.3 Å². The molecule has 1 aromatic carbocycles. The van der Waals surface area contributed by atoms with Crippen molar-refractivity contribution in [2.75, 3.05) is 33.9 Å². The molecule has 1 N–H and O–H groups in total. The molecule has 0 spiro atoms. The fourth-order valence-electron chi connectivity index (χ4n) is 2.21. The van der Waals surface area contributed by atoms with E-state index in [0.29, 0.717) is 32.3 Å². The van der Waals surface area contributed by atoms with E-state index in [-0.39, 0.29) is 5.91 Å². The second-order valence-electron chi connectivity index (χ2n) is 5.27. The van der Waals surface area contributed by atoms with Crippen molar-refractivity contribution in [2.24, 2.45) is 0 Å². The minimum atomic E-state index is 0.157. The van der Waals surface area contributed by atoms with Gasteiger partial charge in [0.05, 0.1) is 20.3 Å². The van der Waals surface area contributed by atoms with Crippen molar-refractivity contribution in [1.29, 1.82) is 0 Å². The topological polar surface area (TPSA) is 50.8 Å². The van der Waals surface area contributed by atoms with Crippen molar-refractivity contribution in [3.63, 3.8) is 0 Å². The molecule has 2 rings (SSSR count). The predicted octanol–water partition coefficient (Wildman–Crippen LogP) is 1.42. The van der Waals surface area contributed by atoms with E-state index in [2.05, 4.69) is 5.32 Å². The van der Waals surface area contributed by atoms with Crippen LogP contribution in [0.2, 0.25) is 0 Å². The molecule has 1 aliphatic rings. The first-order chi connectivity index (χ1) is 10.2. The van der Waals surface area contributed by atoms with Gasteiger partial charge in [-0.1, -0.05) is 12.1 Å². The Balaban J connectivity index is 1.87. The summed E-state index contributed by atoms with van der Waals surface area (Å²) in [7, 11) is 3.31. The average Bonchev–Trinajstić information content (AvgIpc) is 3.34. The standard InChI is InChI=1S/C16H24N2O3/c1-20-10-9-17-11-16(19)18(14-5-6-14)12-13-3-7-15(21-2)8-4-13/h3-4,7-8,14,17H,5-6,9-12H2,1-2H3. The van der Waals surface area contributed by atoms with E-state index in [9.17, 15) is 4.79 Å². The molecule has 1 saturated carbocycles. The number of rotatable bonds is 9. The number of carbonyl (C=O) groups excluding carboxylic acids is 1. The Bertz CT molecular complexity index is 443. The highest BCUT2D eigenvalue weighted by Crippen LogP contribution is 2.28. The molecule has 0 aliphatic heterocycles. The van der Waals surface area contributed by atoms with Crippen LogP contribution in [0, 0.1) is 0 Å². The van der Waals surface area contributed by atoms with E-state index in [4.69, 9.17) is 9.47 Å². The number of ether oxygens (including phenoxy) is 2. The number of carbonyl (C=O) groups is 1. The zero-order valence-electron chi connectivity index (χ0n) is 12.8. The molecule has 0 atom stereocenters. The third kappa shape index (κ3) is 5.02. The van der Waals surface area contributed by atoms with Gasteiger partial charge in [0.2, 0.25) is 5.91 Å². The third-order valence-electron chi connectivity index (χ3n) is 3.58. The molecule has 1 aliphatic carbocycles. The number of benzene rings is 1. The first kappa shape index (κ1) is 15.8. The van der Waals surface area contributed by atoms with E-state index in [1.165, 1.54) is 0 Å². The van der Waals surface area contributed by atoms with Gasteiger partial charge in [-0.05, 0) is 30.5 Å².